The summed E-state index contributed by atoms with van der Waals surface area (Å²) in [5, 5.41) is 11.3. The molecular formula is C73H88N12O9. The predicted octanol–water partition coefficient (Wildman–Crippen LogP) is 8.99. The van der Waals surface area contributed by atoms with Crippen molar-refractivity contribution in [2.45, 2.75) is 120 Å². The SMILES string of the molecule is COc1ccc2c(CC(=O)[C@@](N)(CCCCN)C(=O)Nc3ccc(C(c4ccc(NC(=O)[C@](N)(CCCCN)C(=O)Cc5c(C)[nH]c6cc(OC)ccc56)cc4)c4ccc(NC(=O)[C@](N)(CCCCN)C(=O)Cc5c(C)[nH]c6cc(OC)ccc56)cc4)cc3)c(C)[nH]c2c1. The number of ketones is 3. The molecule has 94 heavy (non-hydrogen) atoms. The number of anilines is 3. The molecule has 0 aliphatic carbocycles. The Morgan fingerprint density at radius 3 is 0.883 bits per heavy atom. The summed E-state index contributed by atoms with van der Waals surface area (Å²) in [6.45, 7) is 6.69. The molecule has 0 aliphatic heterocycles. The number of H-pyrrole nitrogens is 3. The fraction of sp³-hybridized carbons (Fsp3) is 0.342. The highest BCUT2D eigenvalue weighted by molar-refractivity contribution is 6.18. The molecule has 9 rings (SSSR count). The number of methoxy groups -OCH3 is 3. The molecule has 0 saturated heterocycles. The fourth-order valence-corrected chi connectivity index (χ4v) is 12.5. The van der Waals surface area contributed by atoms with Crippen LogP contribution in [0.2, 0.25) is 0 Å². The van der Waals surface area contributed by atoms with Crippen LogP contribution in [0, 0.1) is 20.8 Å². The van der Waals surface area contributed by atoms with Crippen LogP contribution in [0.15, 0.2) is 127 Å². The number of carbonyl (C=O) groups is 6. The molecule has 0 aliphatic rings. The number of aromatic amines is 3. The second-order valence-corrected chi connectivity index (χ2v) is 24.5. The van der Waals surface area contributed by atoms with Crippen LogP contribution in [0.4, 0.5) is 17.1 Å². The third-order valence-electron chi connectivity index (χ3n) is 18.3. The predicted molar refractivity (Wildman–Crippen MR) is 371 cm³/mol. The van der Waals surface area contributed by atoms with Gasteiger partial charge in [-0.3, -0.25) is 28.8 Å². The Morgan fingerprint density at radius 1 is 0.394 bits per heavy atom. The van der Waals surface area contributed by atoms with Gasteiger partial charge in [-0.15, -0.1) is 0 Å². The van der Waals surface area contributed by atoms with E-state index in [4.69, 9.17) is 48.6 Å². The molecule has 21 nitrogen and oxygen atoms in total. The number of carbonyl (C=O) groups excluding carboxylic acids is 6. The van der Waals surface area contributed by atoms with Crippen molar-refractivity contribution in [1.29, 1.82) is 0 Å². The molecule has 3 amide bonds. The van der Waals surface area contributed by atoms with Gasteiger partial charge in [0.1, 0.15) is 17.2 Å². The molecule has 0 unspecified atom stereocenters. The van der Waals surface area contributed by atoms with Crippen molar-refractivity contribution in [1.82, 2.24) is 15.0 Å². The maximum absolute atomic E-state index is 14.5. The number of hydrogen-bond acceptors (Lipinski definition) is 15. The Labute approximate surface area is 547 Å². The molecule has 3 atom stereocenters. The first-order valence-electron chi connectivity index (χ1n) is 31.9. The van der Waals surface area contributed by atoms with Gasteiger partial charge >= 0.3 is 0 Å². The number of aryl methyl sites for hydroxylation is 3. The number of nitrogens with two attached hydrogens (primary N) is 6. The monoisotopic (exact) mass is 1280 g/mol. The Kier molecular flexibility index (Phi) is 22.0. The maximum Gasteiger partial charge on any atom is 0.252 e. The van der Waals surface area contributed by atoms with Crippen LogP contribution < -0.4 is 64.6 Å². The minimum atomic E-state index is -1.91. The third kappa shape index (κ3) is 15.0. The van der Waals surface area contributed by atoms with E-state index in [-0.39, 0.29) is 38.5 Å². The summed E-state index contributed by atoms with van der Waals surface area (Å²) in [4.78, 5) is 96.8. The minimum Gasteiger partial charge on any atom is -0.497 e. The lowest BCUT2D eigenvalue weighted by Crippen LogP contribution is -2.58. The van der Waals surface area contributed by atoms with Crippen molar-refractivity contribution in [3.8, 4) is 17.2 Å². The van der Waals surface area contributed by atoms with Gasteiger partial charge in [-0.1, -0.05) is 36.4 Å². The zero-order valence-electron chi connectivity index (χ0n) is 54.4. The number of ether oxygens (including phenoxy) is 3. The summed E-state index contributed by atoms with van der Waals surface area (Å²) < 4.78 is 16.3. The van der Waals surface area contributed by atoms with E-state index >= 15 is 0 Å². The molecule has 0 radical (unpaired) electrons. The van der Waals surface area contributed by atoms with Gasteiger partial charge in [-0.05, 0) is 204 Å². The van der Waals surface area contributed by atoms with Gasteiger partial charge in [0.05, 0.1) is 21.3 Å². The summed E-state index contributed by atoms with van der Waals surface area (Å²) in [6, 6.07) is 38.2. The number of benzene rings is 6. The van der Waals surface area contributed by atoms with E-state index in [1.54, 1.807) is 57.7 Å². The van der Waals surface area contributed by atoms with Gasteiger partial charge in [0, 0.05) is 110 Å². The van der Waals surface area contributed by atoms with E-state index in [0.29, 0.717) is 92.5 Å². The van der Waals surface area contributed by atoms with E-state index < -0.39 is 57.6 Å². The average Bonchev–Trinajstić information content (AvgIpc) is 1.48. The van der Waals surface area contributed by atoms with Gasteiger partial charge in [-0.2, -0.15) is 0 Å². The normalized spacial score (nSPS) is 13.5. The first-order valence-corrected chi connectivity index (χ1v) is 31.9. The standard InChI is InChI=1S/C73H88N12O9/c1-43-58(55-28-25-52(92-4)37-61(55)80-43)40-64(86)71(77,31-7-10-34-74)68(89)83-49-19-13-46(14-20-49)67(47-15-21-50(22-16-47)84-69(90)72(78,32-8-11-35-75)65(87)41-59-44(2)81-62-38-53(93-5)26-29-56(59)62)48-17-23-51(24-18-48)85-70(91)73(79,33-9-12-36-76)66(88)42-60-45(3)82-63-39-54(94-6)27-30-57(60)63/h13-30,37-39,67,80-82H,7-12,31-36,40-42,74-79H2,1-6H3,(H,83,89)(H,84,90)(H,85,91)/t71-,72-,73-/m0/s1. The van der Waals surface area contributed by atoms with Gasteiger partial charge in [0.15, 0.2) is 34.0 Å². The first-order chi connectivity index (χ1) is 45.1. The van der Waals surface area contributed by atoms with Crippen molar-refractivity contribution >= 4 is 84.8 Å². The van der Waals surface area contributed by atoms with Crippen LogP contribution in [-0.4, -0.2) is 108 Å². The Morgan fingerprint density at radius 2 is 0.649 bits per heavy atom. The van der Waals surface area contributed by atoms with E-state index in [2.05, 4.69) is 30.9 Å². The summed E-state index contributed by atoms with van der Waals surface area (Å²) >= 11 is 0. The van der Waals surface area contributed by atoms with E-state index in [1.807, 2.05) is 112 Å². The highest BCUT2D eigenvalue weighted by Crippen LogP contribution is 2.37. The Balaban J connectivity index is 1.00. The number of Topliss-reactive ketones (excluding diaryl/α,β-unsaturated/α-hetero) is 3. The minimum absolute atomic E-state index is 0.0624. The van der Waals surface area contributed by atoms with Crippen LogP contribution in [0.3, 0.4) is 0 Å². The number of aromatic nitrogens is 3. The van der Waals surface area contributed by atoms with E-state index in [9.17, 15) is 28.8 Å². The molecule has 9 aromatic rings. The van der Waals surface area contributed by atoms with Crippen LogP contribution in [0.1, 0.15) is 114 Å². The summed E-state index contributed by atoms with van der Waals surface area (Å²) in [5.74, 6) is -1.90. The molecule has 3 aromatic heterocycles. The molecule has 3 heterocycles. The lowest BCUT2D eigenvalue weighted by atomic mass is 9.83. The average molecular weight is 1280 g/mol. The quantitative estimate of drug-likeness (QED) is 0.0104. The largest absolute Gasteiger partial charge is 0.497 e. The van der Waals surface area contributed by atoms with Crippen molar-refractivity contribution in [2.24, 2.45) is 34.4 Å². The molecule has 6 aromatic carbocycles. The van der Waals surface area contributed by atoms with Gasteiger partial charge in [0.25, 0.3) is 17.7 Å². The van der Waals surface area contributed by atoms with Crippen molar-refractivity contribution in [2.75, 3.05) is 56.9 Å². The number of nitrogens with one attached hydrogen (secondary N) is 6. The topological polar surface area (TPSA) is 370 Å². The maximum atomic E-state index is 14.5. The number of amides is 3. The van der Waals surface area contributed by atoms with E-state index in [1.165, 1.54) is 0 Å². The Bertz CT molecular complexity index is 3790. The number of rotatable bonds is 33. The number of hydrogen-bond donors (Lipinski definition) is 12. The molecule has 494 valence electrons. The van der Waals surface area contributed by atoms with Crippen molar-refractivity contribution in [3.05, 3.63) is 178 Å². The molecular weight excluding hydrogens is 1190 g/mol. The molecule has 0 bridgehead atoms. The zero-order valence-corrected chi connectivity index (χ0v) is 54.4. The summed E-state index contributed by atoms with van der Waals surface area (Å²) in [5.41, 5.74) is 43.1. The molecule has 21 heteroatoms. The van der Waals surface area contributed by atoms with E-state index in [0.717, 1.165) is 83.2 Å². The summed E-state index contributed by atoms with van der Waals surface area (Å²) in [7, 11) is 4.75. The van der Waals surface area contributed by atoms with Crippen LogP contribution >= 0.6 is 0 Å². The van der Waals surface area contributed by atoms with Gasteiger partial charge in [0.2, 0.25) is 0 Å². The number of fused-ring (bicyclic) bond motifs is 3. The van der Waals surface area contributed by atoms with Crippen molar-refractivity contribution in [3.63, 3.8) is 0 Å². The lowest BCUT2D eigenvalue weighted by molar-refractivity contribution is -0.134. The van der Waals surface area contributed by atoms with Crippen LogP contribution in [-0.2, 0) is 48.0 Å². The second kappa shape index (κ2) is 30.1. The molecule has 0 spiro atoms. The van der Waals surface area contributed by atoms with Gasteiger partial charge in [-0.25, -0.2) is 0 Å². The highest BCUT2D eigenvalue weighted by Gasteiger charge is 2.44. The zero-order chi connectivity index (χ0) is 67.5. The molecule has 0 fully saturated rings. The molecule has 0 saturated carbocycles. The lowest BCUT2D eigenvalue weighted by Gasteiger charge is -2.28. The Hall–Kier alpha value is -9.48. The summed E-state index contributed by atoms with van der Waals surface area (Å²) in [6.07, 6.45) is 2.87. The molecule has 18 N–H and O–H groups in total. The second-order valence-electron chi connectivity index (χ2n) is 24.5. The fourth-order valence-electron chi connectivity index (χ4n) is 12.5. The first kappa shape index (κ1) is 68.9. The van der Waals surface area contributed by atoms with Crippen LogP contribution in [0.5, 0.6) is 17.2 Å². The number of unbranched alkanes of at least 4 members (excludes halogenated alkanes) is 3. The van der Waals surface area contributed by atoms with Crippen LogP contribution in [0.25, 0.3) is 32.7 Å². The van der Waals surface area contributed by atoms with Crippen molar-refractivity contribution < 1.29 is 43.0 Å². The van der Waals surface area contributed by atoms with Gasteiger partial charge < -0.3 is 79.5 Å². The smallest absolute Gasteiger partial charge is 0.252 e. The third-order valence-corrected chi connectivity index (χ3v) is 18.3. The highest BCUT2D eigenvalue weighted by atomic mass is 16.5.